The van der Waals surface area contributed by atoms with E-state index < -0.39 is 0 Å². The van der Waals surface area contributed by atoms with Crippen molar-refractivity contribution >= 4 is 10.9 Å². The maximum atomic E-state index is 4.72. The van der Waals surface area contributed by atoms with Gasteiger partial charge in [0.05, 0.1) is 5.52 Å². The first-order valence-electron chi connectivity index (χ1n) is 9.99. The summed E-state index contributed by atoms with van der Waals surface area (Å²) in [6, 6.07) is 11.3. The number of piperidine rings is 2. The van der Waals surface area contributed by atoms with Gasteiger partial charge in [-0.25, -0.2) is 4.98 Å². The van der Waals surface area contributed by atoms with Crippen molar-refractivity contribution in [1.29, 1.82) is 0 Å². The van der Waals surface area contributed by atoms with Gasteiger partial charge in [0.15, 0.2) is 0 Å². The molecule has 0 amide bonds. The lowest BCUT2D eigenvalue weighted by Gasteiger charge is -2.44. The first kappa shape index (κ1) is 16.0. The standard InChI is InChI=1S/C22H26N4/c1-2-13-25-14-5-8-18(20(25)10-1)16-26-15-12-24-22(26)19-9-3-6-17-7-4-11-23-21(17)19/h3-4,6-7,9,11-12,15,18,20H,1-2,5,8,10,13-14,16H2/t18-,20+/m0/s1. The predicted octanol–water partition coefficient (Wildman–Crippen LogP) is 4.36. The lowest BCUT2D eigenvalue weighted by Crippen LogP contribution is -2.49. The quantitative estimate of drug-likeness (QED) is 0.706. The van der Waals surface area contributed by atoms with E-state index in [1.807, 2.05) is 18.5 Å². The molecule has 4 heterocycles. The summed E-state index contributed by atoms with van der Waals surface area (Å²) in [5.74, 6) is 1.79. The van der Waals surface area contributed by atoms with E-state index in [-0.39, 0.29) is 0 Å². The number of hydrogen-bond acceptors (Lipinski definition) is 3. The molecule has 2 aliphatic heterocycles. The summed E-state index contributed by atoms with van der Waals surface area (Å²) < 4.78 is 2.37. The van der Waals surface area contributed by atoms with Crippen molar-refractivity contribution in [2.24, 2.45) is 5.92 Å². The van der Waals surface area contributed by atoms with E-state index in [2.05, 4.69) is 44.9 Å². The maximum absolute atomic E-state index is 4.72. The molecule has 0 N–H and O–H groups in total. The summed E-state index contributed by atoms with van der Waals surface area (Å²) in [4.78, 5) is 12.1. The number of rotatable bonds is 3. The van der Waals surface area contributed by atoms with Gasteiger partial charge in [-0.15, -0.1) is 0 Å². The van der Waals surface area contributed by atoms with Crippen LogP contribution in [0.15, 0.2) is 48.9 Å². The van der Waals surface area contributed by atoms with Gasteiger partial charge < -0.3 is 9.47 Å². The highest BCUT2D eigenvalue weighted by atomic mass is 15.2. The lowest BCUT2D eigenvalue weighted by atomic mass is 9.83. The van der Waals surface area contributed by atoms with E-state index in [0.29, 0.717) is 0 Å². The minimum atomic E-state index is 0.736. The number of imidazole rings is 1. The normalized spacial score (nSPS) is 23.8. The number of para-hydroxylation sites is 1. The molecule has 0 unspecified atom stereocenters. The molecule has 134 valence electrons. The Labute approximate surface area is 154 Å². The van der Waals surface area contributed by atoms with Crippen LogP contribution in [0.4, 0.5) is 0 Å². The Morgan fingerprint density at radius 3 is 2.85 bits per heavy atom. The lowest BCUT2D eigenvalue weighted by molar-refractivity contribution is 0.0521. The van der Waals surface area contributed by atoms with Gasteiger partial charge in [-0.05, 0) is 56.8 Å². The van der Waals surface area contributed by atoms with E-state index >= 15 is 0 Å². The average molecular weight is 346 g/mol. The van der Waals surface area contributed by atoms with Crippen LogP contribution in [-0.2, 0) is 6.54 Å². The molecule has 2 aliphatic rings. The summed E-state index contributed by atoms with van der Waals surface area (Å²) in [6.07, 6.45) is 12.8. The summed E-state index contributed by atoms with van der Waals surface area (Å²) in [7, 11) is 0. The van der Waals surface area contributed by atoms with Crippen LogP contribution in [0, 0.1) is 5.92 Å². The van der Waals surface area contributed by atoms with Crippen molar-refractivity contribution in [3.63, 3.8) is 0 Å². The van der Waals surface area contributed by atoms with Gasteiger partial charge in [0.25, 0.3) is 0 Å². The third-order valence-electron chi connectivity index (χ3n) is 6.25. The Bertz CT molecular complexity index is 893. The third-order valence-corrected chi connectivity index (χ3v) is 6.25. The number of nitrogens with zero attached hydrogens (tertiary/aromatic N) is 4. The molecule has 3 aromatic rings. The van der Waals surface area contributed by atoms with Crippen LogP contribution in [0.2, 0.25) is 0 Å². The summed E-state index contributed by atoms with van der Waals surface area (Å²) in [6.45, 7) is 3.66. The molecule has 0 saturated carbocycles. The number of pyridine rings is 1. The molecular formula is C22H26N4. The number of hydrogen-bond donors (Lipinski definition) is 0. The van der Waals surface area contributed by atoms with Crippen LogP contribution >= 0.6 is 0 Å². The van der Waals surface area contributed by atoms with Gasteiger partial charge in [0.1, 0.15) is 5.82 Å². The molecule has 2 aromatic heterocycles. The highest BCUT2D eigenvalue weighted by Gasteiger charge is 2.33. The molecule has 2 fully saturated rings. The highest BCUT2D eigenvalue weighted by Crippen LogP contribution is 2.33. The fourth-order valence-corrected chi connectivity index (χ4v) is 5.03. The van der Waals surface area contributed by atoms with E-state index in [1.54, 1.807) is 0 Å². The van der Waals surface area contributed by atoms with Gasteiger partial charge in [-0.2, -0.15) is 0 Å². The zero-order valence-corrected chi connectivity index (χ0v) is 15.2. The summed E-state index contributed by atoms with van der Waals surface area (Å²) in [5.41, 5.74) is 2.19. The van der Waals surface area contributed by atoms with Crippen LogP contribution in [-0.4, -0.2) is 38.6 Å². The molecule has 26 heavy (non-hydrogen) atoms. The van der Waals surface area contributed by atoms with Crippen LogP contribution in [0.1, 0.15) is 32.1 Å². The molecule has 2 saturated heterocycles. The van der Waals surface area contributed by atoms with Crippen molar-refractivity contribution in [1.82, 2.24) is 19.4 Å². The minimum Gasteiger partial charge on any atom is -0.331 e. The van der Waals surface area contributed by atoms with Crippen molar-refractivity contribution in [3.05, 3.63) is 48.9 Å². The fourth-order valence-electron chi connectivity index (χ4n) is 5.03. The molecule has 0 aliphatic carbocycles. The zero-order valence-electron chi connectivity index (χ0n) is 15.2. The third kappa shape index (κ3) is 2.82. The fraction of sp³-hybridized carbons (Fsp3) is 0.455. The van der Waals surface area contributed by atoms with Gasteiger partial charge in [0, 0.05) is 42.1 Å². The largest absolute Gasteiger partial charge is 0.331 e. The summed E-state index contributed by atoms with van der Waals surface area (Å²) >= 11 is 0. The molecular weight excluding hydrogens is 320 g/mol. The Kier molecular flexibility index (Phi) is 4.21. The van der Waals surface area contributed by atoms with Crippen molar-refractivity contribution in [2.75, 3.05) is 13.1 Å². The first-order chi connectivity index (χ1) is 12.9. The topological polar surface area (TPSA) is 34.0 Å². The second-order valence-corrected chi connectivity index (χ2v) is 7.79. The molecule has 4 heteroatoms. The molecule has 2 atom stereocenters. The molecule has 1 aromatic carbocycles. The monoisotopic (exact) mass is 346 g/mol. The minimum absolute atomic E-state index is 0.736. The van der Waals surface area contributed by atoms with Crippen LogP contribution in [0.25, 0.3) is 22.3 Å². The average Bonchev–Trinajstić information content (AvgIpc) is 3.16. The van der Waals surface area contributed by atoms with Crippen molar-refractivity contribution < 1.29 is 0 Å². The van der Waals surface area contributed by atoms with E-state index in [9.17, 15) is 0 Å². The van der Waals surface area contributed by atoms with Gasteiger partial charge in [-0.3, -0.25) is 4.98 Å². The molecule has 5 rings (SSSR count). The molecule has 0 bridgehead atoms. The van der Waals surface area contributed by atoms with Crippen molar-refractivity contribution in [2.45, 2.75) is 44.7 Å². The van der Waals surface area contributed by atoms with E-state index in [1.165, 1.54) is 50.6 Å². The molecule has 0 spiro atoms. The van der Waals surface area contributed by atoms with Gasteiger partial charge >= 0.3 is 0 Å². The molecule has 0 radical (unpaired) electrons. The first-order valence-corrected chi connectivity index (χ1v) is 9.99. The SMILES string of the molecule is c1cnc2c(-c3nccn3C[C@@H]3CCCN4CCCC[C@H]34)cccc2c1. The second-order valence-electron chi connectivity index (χ2n) is 7.79. The van der Waals surface area contributed by atoms with Gasteiger partial charge in [-0.1, -0.05) is 24.6 Å². The van der Waals surface area contributed by atoms with E-state index in [4.69, 9.17) is 4.98 Å². The number of benzene rings is 1. The van der Waals surface area contributed by atoms with Crippen molar-refractivity contribution in [3.8, 4) is 11.4 Å². The predicted molar refractivity (Wildman–Crippen MR) is 105 cm³/mol. The maximum Gasteiger partial charge on any atom is 0.142 e. The molecule has 4 nitrogen and oxygen atoms in total. The van der Waals surface area contributed by atoms with Crippen LogP contribution in [0.5, 0.6) is 0 Å². The Hall–Kier alpha value is -2.20. The van der Waals surface area contributed by atoms with Crippen LogP contribution in [0.3, 0.4) is 0 Å². The smallest absolute Gasteiger partial charge is 0.142 e. The van der Waals surface area contributed by atoms with Crippen LogP contribution < -0.4 is 0 Å². The number of aromatic nitrogens is 3. The Balaban J connectivity index is 1.47. The van der Waals surface area contributed by atoms with Gasteiger partial charge in [0.2, 0.25) is 0 Å². The Morgan fingerprint density at radius 1 is 0.923 bits per heavy atom. The van der Waals surface area contributed by atoms with E-state index in [0.717, 1.165) is 35.4 Å². The number of fused-ring (bicyclic) bond motifs is 2. The zero-order chi connectivity index (χ0) is 17.3. The highest BCUT2D eigenvalue weighted by molar-refractivity contribution is 5.91. The second kappa shape index (κ2) is 6.84. The Morgan fingerprint density at radius 2 is 1.85 bits per heavy atom. The summed E-state index contributed by atoms with van der Waals surface area (Å²) in [5, 5.41) is 1.18.